The molecule has 19 heavy (non-hydrogen) atoms. The maximum absolute atomic E-state index is 14.1. The van der Waals surface area contributed by atoms with Crippen molar-refractivity contribution in [3.05, 3.63) is 23.5 Å². The summed E-state index contributed by atoms with van der Waals surface area (Å²) >= 11 is 0. The van der Waals surface area contributed by atoms with Crippen LogP contribution in [0.4, 0.5) is 15.8 Å². The van der Waals surface area contributed by atoms with Crippen LogP contribution in [-0.4, -0.2) is 30.2 Å². The Bertz CT molecular complexity index is 510. The van der Waals surface area contributed by atoms with Crippen LogP contribution in [0.2, 0.25) is 0 Å². The second kappa shape index (κ2) is 4.81. The molecule has 102 valence electrons. The molecule has 5 heteroatoms. The second-order valence-corrected chi connectivity index (χ2v) is 5.23. The van der Waals surface area contributed by atoms with Crippen LogP contribution in [0.3, 0.4) is 0 Å². The van der Waals surface area contributed by atoms with Gasteiger partial charge in [0.15, 0.2) is 0 Å². The third-order valence-electron chi connectivity index (χ3n) is 3.87. The summed E-state index contributed by atoms with van der Waals surface area (Å²) in [6.07, 6.45) is 2.19. The molecule has 1 fully saturated rings. The lowest BCUT2D eigenvalue weighted by atomic mass is 10.0. The van der Waals surface area contributed by atoms with Crippen molar-refractivity contribution in [1.29, 1.82) is 0 Å². The predicted octanol–water partition coefficient (Wildman–Crippen LogP) is 1.67. The Morgan fingerprint density at radius 1 is 1.26 bits per heavy atom. The molecule has 0 unspecified atom stereocenters. The van der Waals surface area contributed by atoms with Gasteiger partial charge in [0.2, 0.25) is 5.91 Å². The zero-order valence-corrected chi connectivity index (χ0v) is 10.7. The molecule has 0 aromatic heterocycles. The summed E-state index contributed by atoms with van der Waals surface area (Å²) in [6, 6.07) is 3.24. The number of carbonyl (C=O) groups is 1. The van der Waals surface area contributed by atoms with Crippen LogP contribution in [0, 0.1) is 5.82 Å². The van der Waals surface area contributed by atoms with Crippen molar-refractivity contribution in [3.8, 4) is 0 Å². The Labute approximate surface area is 111 Å². The number of aliphatic hydroxyl groups is 1. The van der Waals surface area contributed by atoms with Crippen LogP contribution in [0.5, 0.6) is 0 Å². The molecule has 2 heterocycles. The molecule has 3 rings (SSSR count). The average molecular weight is 264 g/mol. The maximum atomic E-state index is 14.1. The van der Waals surface area contributed by atoms with Crippen molar-refractivity contribution in [2.75, 3.05) is 23.3 Å². The largest absolute Gasteiger partial charge is 0.393 e. The Morgan fingerprint density at radius 2 is 2.00 bits per heavy atom. The van der Waals surface area contributed by atoms with Gasteiger partial charge in [-0.3, -0.25) is 4.79 Å². The number of carbonyl (C=O) groups excluding carboxylic acids is 1. The molecule has 0 atom stereocenters. The fourth-order valence-electron chi connectivity index (χ4n) is 2.74. The minimum absolute atomic E-state index is 0.0549. The summed E-state index contributed by atoms with van der Waals surface area (Å²) in [6.45, 7) is 1.34. The molecular weight excluding hydrogens is 247 g/mol. The number of anilines is 2. The molecular formula is C14H17FN2O2. The Kier molecular flexibility index (Phi) is 3.14. The lowest BCUT2D eigenvalue weighted by Gasteiger charge is -2.32. The lowest BCUT2D eigenvalue weighted by Crippen LogP contribution is -2.36. The first-order chi connectivity index (χ1) is 9.13. The van der Waals surface area contributed by atoms with Gasteiger partial charge in [0.1, 0.15) is 5.82 Å². The maximum Gasteiger partial charge on any atom is 0.224 e. The summed E-state index contributed by atoms with van der Waals surface area (Å²) in [5.74, 6) is -0.363. The molecule has 1 saturated heterocycles. The van der Waals surface area contributed by atoms with Crippen LogP contribution >= 0.6 is 0 Å². The van der Waals surface area contributed by atoms with Gasteiger partial charge in [-0.2, -0.15) is 0 Å². The molecule has 0 radical (unpaired) electrons. The van der Waals surface area contributed by atoms with Gasteiger partial charge in [0, 0.05) is 25.2 Å². The number of nitrogens with one attached hydrogen (secondary N) is 1. The van der Waals surface area contributed by atoms with E-state index in [4.69, 9.17) is 0 Å². The van der Waals surface area contributed by atoms with E-state index in [2.05, 4.69) is 5.32 Å². The first-order valence-corrected chi connectivity index (χ1v) is 6.69. The minimum atomic E-state index is -0.308. The molecule has 2 aliphatic heterocycles. The van der Waals surface area contributed by atoms with E-state index in [1.807, 2.05) is 11.0 Å². The fraction of sp³-hybridized carbons (Fsp3) is 0.500. The highest BCUT2D eigenvalue weighted by atomic mass is 19.1. The number of hydrogen-bond donors (Lipinski definition) is 2. The van der Waals surface area contributed by atoms with Gasteiger partial charge in [-0.1, -0.05) is 0 Å². The van der Waals surface area contributed by atoms with Crippen molar-refractivity contribution >= 4 is 17.3 Å². The van der Waals surface area contributed by atoms with Gasteiger partial charge in [-0.05, 0) is 37.0 Å². The van der Waals surface area contributed by atoms with Crippen LogP contribution in [0.1, 0.15) is 24.8 Å². The molecule has 1 aromatic rings. The van der Waals surface area contributed by atoms with E-state index >= 15 is 0 Å². The van der Waals surface area contributed by atoms with Crippen molar-refractivity contribution in [3.63, 3.8) is 0 Å². The highest BCUT2D eigenvalue weighted by molar-refractivity contribution is 5.94. The SMILES string of the molecule is O=C1CCc2cc(N3CCC(O)CC3)c(F)cc2N1. The number of nitrogens with zero attached hydrogens (tertiary/aromatic N) is 1. The van der Waals surface area contributed by atoms with Gasteiger partial charge in [-0.15, -0.1) is 0 Å². The predicted molar refractivity (Wildman–Crippen MR) is 70.8 cm³/mol. The Hall–Kier alpha value is -1.62. The van der Waals surface area contributed by atoms with E-state index in [0.717, 1.165) is 5.56 Å². The monoisotopic (exact) mass is 264 g/mol. The van der Waals surface area contributed by atoms with Crippen LogP contribution in [-0.2, 0) is 11.2 Å². The zero-order chi connectivity index (χ0) is 13.4. The first-order valence-electron chi connectivity index (χ1n) is 6.69. The minimum Gasteiger partial charge on any atom is -0.393 e. The van der Waals surface area contributed by atoms with Gasteiger partial charge >= 0.3 is 0 Å². The van der Waals surface area contributed by atoms with Gasteiger partial charge in [0.05, 0.1) is 11.8 Å². The molecule has 0 bridgehead atoms. The zero-order valence-electron chi connectivity index (χ0n) is 10.7. The summed E-state index contributed by atoms with van der Waals surface area (Å²) in [4.78, 5) is 13.3. The first kappa shape index (κ1) is 12.4. The molecule has 4 nitrogen and oxygen atoms in total. The number of rotatable bonds is 1. The summed E-state index contributed by atoms with van der Waals surface area (Å²) < 4.78 is 14.1. The van der Waals surface area contributed by atoms with Crippen LogP contribution < -0.4 is 10.2 Å². The van der Waals surface area contributed by atoms with Gasteiger partial charge < -0.3 is 15.3 Å². The van der Waals surface area contributed by atoms with Crippen molar-refractivity contribution < 1.29 is 14.3 Å². The fourth-order valence-corrected chi connectivity index (χ4v) is 2.74. The number of hydrogen-bond acceptors (Lipinski definition) is 3. The van der Waals surface area contributed by atoms with E-state index in [9.17, 15) is 14.3 Å². The Morgan fingerprint density at radius 3 is 2.74 bits per heavy atom. The number of fused-ring (bicyclic) bond motifs is 1. The number of aryl methyl sites for hydroxylation is 1. The summed E-state index contributed by atoms with van der Waals surface area (Å²) in [7, 11) is 0. The summed E-state index contributed by atoms with van der Waals surface area (Å²) in [5, 5.41) is 12.2. The topological polar surface area (TPSA) is 52.6 Å². The highest BCUT2D eigenvalue weighted by Crippen LogP contribution is 2.31. The third kappa shape index (κ3) is 2.42. The highest BCUT2D eigenvalue weighted by Gasteiger charge is 2.23. The number of halogens is 1. The molecule has 1 amide bonds. The lowest BCUT2D eigenvalue weighted by molar-refractivity contribution is -0.116. The normalized spacial score (nSPS) is 20.1. The van der Waals surface area contributed by atoms with Gasteiger partial charge in [0.25, 0.3) is 0 Å². The van der Waals surface area contributed by atoms with Crippen LogP contribution in [0.15, 0.2) is 12.1 Å². The summed E-state index contributed by atoms with van der Waals surface area (Å²) in [5.41, 5.74) is 2.17. The molecule has 2 aliphatic rings. The van der Waals surface area contributed by atoms with E-state index in [-0.39, 0.29) is 17.8 Å². The quantitative estimate of drug-likeness (QED) is 0.811. The second-order valence-electron chi connectivity index (χ2n) is 5.23. The van der Waals surface area contributed by atoms with E-state index in [0.29, 0.717) is 50.1 Å². The van der Waals surface area contributed by atoms with Crippen LogP contribution in [0.25, 0.3) is 0 Å². The van der Waals surface area contributed by atoms with Crippen molar-refractivity contribution in [1.82, 2.24) is 0 Å². The number of piperidine rings is 1. The molecule has 1 aromatic carbocycles. The van der Waals surface area contributed by atoms with Crippen molar-refractivity contribution in [2.45, 2.75) is 31.8 Å². The molecule has 0 spiro atoms. The molecule has 0 aliphatic carbocycles. The number of aliphatic hydroxyl groups excluding tert-OH is 1. The number of amides is 1. The smallest absolute Gasteiger partial charge is 0.224 e. The molecule has 0 saturated carbocycles. The Balaban J connectivity index is 1.88. The van der Waals surface area contributed by atoms with Gasteiger partial charge in [-0.25, -0.2) is 4.39 Å². The van der Waals surface area contributed by atoms with Crippen molar-refractivity contribution in [2.24, 2.45) is 0 Å². The number of benzene rings is 1. The molecule has 2 N–H and O–H groups in total. The van der Waals surface area contributed by atoms with E-state index in [1.165, 1.54) is 6.07 Å². The third-order valence-corrected chi connectivity index (χ3v) is 3.87. The standard InChI is InChI=1S/C14H17FN2O2/c15-11-8-12-9(1-2-14(19)16-12)7-13(11)17-5-3-10(18)4-6-17/h7-8,10,18H,1-6H2,(H,16,19). The van der Waals surface area contributed by atoms with E-state index in [1.54, 1.807) is 0 Å². The average Bonchev–Trinajstić information content (AvgIpc) is 2.39. The van der Waals surface area contributed by atoms with E-state index < -0.39 is 0 Å².